The van der Waals surface area contributed by atoms with Crippen molar-refractivity contribution in [2.24, 2.45) is 5.92 Å². The van der Waals surface area contributed by atoms with E-state index in [1.807, 2.05) is 0 Å². The van der Waals surface area contributed by atoms with E-state index in [9.17, 15) is 9.59 Å². The van der Waals surface area contributed by atoms with Crippen molar-refractivity contribution in [2.75, 3.05) is 6.54 Å². The van der Waals surface area contributed by atoms with Crippen LogP contribution in [0.4, 0.5) is 4.79 Å². The summed E-state index contributed by atoms with van der Waals surface area (Å²) in [5.41, 5.74) is 0. The second-order valence-corrected chi connectivity index (χ2v) is 4.50. The molecular weight excluding hydrogens is 218 g/mol. The van der Waals surface area contributed by atoms with Crippen LogP contribution in [0.3, 0.4) is 0 Å². The first-order valence-corrected chi connectivity index (χ1v) is 6.27. The molecule has 0 rings (SSSR count). The average molecular weight is 243 g/mol. The molecule has 0 fully saturated rings. The van der Waals surface area contributed by atoms with Crippen molar-refractivity contribution in [3.63, 3.8) is 0 Å². The van der Waals surface area contributed by atoms with Crippen LogP contribution in [0.15, 0.2) is 0 Å². The molecule has 5 nitrogen and oxygen atoms in total. The molecule has 0 bridgehead atoms. The normalized spacial score (nSPS) is 14.2. The van der Waals surface area contributed by atoms with E-state index in [1.54, 1.807) is 13.8 Å². The minimum absolute atomic E-state index is 0.282. The van der Waals surface area contributed by atoms with Gasteiger partial charge in [0.05, 0.1) is 6.04 Å². The van der Waals surface area contributed by atoms with Crippen molar-refractivity contribution < 1.29 is 9.59 Å². The second-order valence-electron chi connectivity index (χ2n) is 4.50. The van der Waals surface area contributed by atoms with Crippen molar-refractivity contribution in [2.45, 2.75) is 53.1 Å². The van der Waals surface area contributed by atoms with Gasteiger partial charge in [-0.15, -0.1) is 0 Å². The molecule has 100 valence electrons. The van der Waals surface area contributed by atoms with Crippen molar-refractivity contribution in [3.8, 4) is 0 Å². The van der Waals surface area contributed by atoms with Crippen molar-refractivity contribution in [1.82, 2.24) is 16.0 Å². The highest BCUT2D eigenvalue weighted by atomic mass is 16.2. The van der Waals surface area contributed by atoms with Crippen molar-refractivity contribution in [1.29, 1.82) is 0 Å². The van der Waals surface area contributed by atoms with E-state index in [0.29, 0.717) is 12.5 Å². The van der Waals surface area contributed by atoms with Crippen molar-refractivity contribution in [3.05, 3.63) is 0 Å². The summed E-state index contributed by atoms with van der Waals surface area (Å²) in [4.78, 5) is 22.8. The summed E-state index contributed by atoms with van der Waals surface area (Å²) in [5, 5.41) is 8.04. The summed E-state index contributed by atoms with van der Waals surface area (Å²) < 4.78 is 0. The Kier molecular flexibility index (Phi) is 7.54. The van der Waals surface area contributed by atoms with Gasteiger partial charge in [0, 0.05) is 12.6 Å². The highest BCUT2D eigenvalue weighted by Gasteiger charge is 2.20. The van der Waals surface area contributed by atoms with Gasteiger partial charge in [0.15, 0.2) is 0 Å². The zero-order valence-electron chi connectivity index (χ0n) is 11.5. The Morgan fingerprint density at radius 3 is 2.12 bits per heavy atom. The number of urea groups is 1. The van der Waals surface area contributed by atoms with E-state index in [-0.39, 0.29) is 18.0 Å². The summed E-state index contributed by atoms with van der Waals surface area (Å²) >= 11 is 0. The van der Waals surface area contributed by atoms with E-state index in [0.717, 1.165) is 6.42 Å². The average Bonchev–Trinajstić information content (AvgIpc) is 2.25. The van der Waals surface area contributed by atoms with Crippen LogP contribution in [-0.4, -0.2) is 30.6 Å². The van der Waals surface area contributed by atoms with E-state index < -0.39 is 6.03 Å². The standard InChI is InChI=1S/C12H25N3O2/c1-6-10(8(3)4)14-9(5)11(16)15-12(17)13-7-2/h8-10,14H,6-7H2,1-5H3,(H2,13,15,16,17). The number of hydrogen-bond acceptors (Lipinski definition) is 3. The van der Waals surface area contributed by atoms with Gasteiger partial charge in [-0.25, -0.2) is 4.79 Å². The number of nitrogens with one attached hydrogen (secondary N) is 3. The lowest BCUT2D eigenvalue weighted by Crippen LogP contribution is -2.51. The van der Waals surface area contributed by atoms with Gasteiger partial charge in [-0.2, -0.15) is 0 Å². The molecule has 2 atom stereocenters. The third-order valence-corrected chi connectivity index (χ3v) is 2.68. The number of carbonyl (C=O) groups is 2. The van der Waals surface area contributed by atoms with Gasteiger partial charge >= 0.3 is 6.03 Å². The molecule has 2 unspecified atom stereocenters. The van der Waals surface area contributed by atoms with E-state index in [4.69, 9.17) is 0 Å². The molecule has 17 heavy (non-hydrogen) atoms. The van der Waals surface area contributed by atoms with Crippen LogP contribution in [0.25, 0.3) is 0 Å². The number of amides is 3. The first-order chi connectivity index (χ1) is 7.92. The predicted molar refractivity (Wildman–Crippen MR) is 68.7 cm³/mol. The van der Waals surface area contributed by atoms with Gasteiger partial charge < -0.3 is 10.6 Å². The smallest absolute Gasteiger partial charge is 0.321 e. The Labute approximate surface area is 104 Å². The van der Waals surface area contributed by atoms with Gasteiger partial charge in [0.25, 0.3) is 0 Å². The molecule has 3 amide bonds. The maximum absolute atomic E-state index is 11.7. The van der Waals surface area contributed by atoms with Gasteiger partial charge in [0.2, 0.25) is 5.91 Å². The first-order valence-electron chi connectivity index (χ1n) is 6.27. The molecule has 0 aromatic carbocycles. The van der Waals surface area contributed by atoms with Gasteiger partial charge in [-0.05, 0) is 26.2 Å². The minimum Gasteiger partial charge on any atom is -0.338 e. The zero-order valence-corrected chi connectivity index (χ0v) is 11.5. The third-order valence-electron chi connectivity index (χ3n) is 2.68. The molecule has 0 aliphatic heterocycles. The van der Waals surface area contributed by atoms with E-state index >= 15 is 0 Å². The molecule has 0 saturated carbocycles. The lowest BCUT2D eigenvalue weighted by Gasteiger charge is -2.24. The van der Waals surface area contributed by atoms with Crippen LogP contribution in [0, 0.1) is 5.92 Å². The molecule has 0 aromatic rings. The van der Waals surface area contributed by atoms with Crippen molar-refractivity contribution >= 4 is 11.9 Å². The van der Waals surface area contributed by atoms with E-state index in [2.05, 4.69) is 36.7 Å². The molecule has 5 heteroatoms. The first kappa shape index (κ1) is 15.9. The fourth-order valence-electron chi connectivity index (χ4n) is 1.60. The lowest BCUT2D eigenvalue weighted by molar-refractivity contribution is -0.121. The Hall–Kier alpha value is -1.10. The largest absolute Gasteiger partial charge is 0.338 e. The molecule has 0 aliphatic rings. The number of rotatable bonds is 6. The molecule has 0 radical (unpaired) electrons. The quantitative estimate of drug-likeness (QED) is 0.657. The topological polar surface area (TPSA) is 70.2 Å². The van der Waals surface area contributed by atoms with Gasteiger partial charge in [-0.1, -0.05) is 20.8 Å². The van der Waals surface area contributed by atoms with E-state index in [1.165, 1.54) is 0 Å². The summed E-state index contributed by atoms with van der Waals surface area (Å²) in [6.45, 7) is 10.4. The van der Waals surface area contributed by atoms with Crippen LogP contribution < -0.4 is 16.0 Å². The third kappa shape index (κ3) is 6.26. The summed E-state index contributed by atoms with van der Waals surface area (Å²) in [7, 11) is 0. The Balaban J connectivity index is 4.17. The molecule has 0 saturated heterocycles. The summed E-state index contributed by atoms with van der Waals surface area (Å²) in [5.74, 6) is 0.162. The minimum atomic E-state index is -0.441. The van der Waals surface area contributed by atoms with Gasteiger partial charge in [-0.3, -0.25) is 10.1 Å². The predicted octanol–water partition coefficient (Wildman–Crippen LogP) is 1.24. The maximum atomic E-state index is 11.7. The molecule has 0 aliphatic carbocycles. The lowest BCUT2D eigenvalue weighted by atomic mass is 10.0. The molecular formula is C12H25N3O2. The molecule has 0 heterocycles. The highest BCUT2D eigenvalue weighted by Crippen LogP contribution is 2.06. The maximum Gasteiger partial charge on any atom is 0.321 e. The van der Waals surface area contributed by atoms with Crippen LogP contribution in [0.2, 0.25) is 0 Å². The Bertz CT molecular complexity index is 254. The Morgan fingerprint density at radius 1 is 1.12 bits per heavy atom. The number of hydrogen-bond donors (Lipinski definition) is 3. The zero-order chi connectivity index (χ0) is 13.4. The number of imide groups is 1. The fourth-order valence-corrected chi connectivity index (χ4v) is 1.60. The summed E-state index contributed by atoms with van der Waals surface area (Å²) in [6, 6.07) is -0.529. The van der Waals surface area contributed by atoms with Crippen LogP contribution in [-0.2, 0) is 4.79 Å². The Morgan fingerprint density at radius 2 is 1.71 bits per heavy atom. The second kappa shape index (κ2) is 8.06. The van der Waals surface area contributed by atoms with Crippen LogP contribution in [0.5, 0.6) is 0 Å². The number of carbonyl (C=O) groups excluding carboxylic acids is 2. The molecule has 0 aromatic heterocycles. The molecule has 0 spiro atoms. The summed E-state index contributed by atoms with van der Waals surface area (Å²) in [6.07, 6.45) is 0.955. The fraction of sp³-hybridized carbons (Fsp3) is 0.833. The SMILES string of the molecule is CCNC(=O)NC(=O)C(C)NC(CC)C(C)C. The highest BCUT2D eigenvalue weighted by molar-refractivity contribution is 5.96. The van der Waals surface area contributed by atoms with Gasteiger partial charge in [0.1, 0.15) is 0 Å². The molecule has 3 N–H and O–H groups in total. The van der Waals surface area contributed by atoms with Crippen LogP contribution in [0.1, 0.15) is 41.0 Å². The van der Waals surface area contributed by atoms with Crippen LogP contribution >= 0.6 is 0 Å². The monoisotopic (exact) mass is 243 g/mol.